The highest BCUT2D eigenvalue weighted by molar-refractivity contribution is 9.10. The fourth-order valence-corrected chi connectivity index (χ4v) is 4.59. The molecule has 0 N–H and O–H groups in total. The molecule has 0 amide bonds. The van der Waals surface area contributed by atoms with Gasteiger partial charge in [0.2, 0.25) is 0 Å². The fourth-order valence-electron chi connectivity index (χ4n) is 4.24. The lowest BCUT2D eigenvalue weighted by Gasteiger charge is -2.13. The smallest absolute Gasteiger partial charge is 0.138 e. The molecule has 0 aliphatic carbocycles. The first-order chi connectivity index (χ1) is 15.8. The van der Waals surface area contributed by atoms with Crippen LogP contribution in [0.15, 0.2) is 114 Å². The molecule has 0 atom stereocenters. The van der Waals surface area contributed by atoms with E-state index in [1.807, 2.05) is 36.5 Å². The third-order valence-electron chi connectivity index (χ3n) is 5.70. The Morgan fingerprint density at radius 1 is 0.625 bits per heavy atom. The molecule has 6 rings (SSSR count). The number of hydrogen-bond acceptors (Lipinski definition) is 2. The van der Waals surface area contributed by atoms with Gasteiger partial charge in [-0.3, -0.25) is 9.55 Å². The van der Waals surface area contributed by atoms with Crippen LogP contribution in [0, 0.1) is 0 Å². The van der Waals surface area contributed by atoms with E-state index in [2.05, 4.69) is 98.3 Å². The van der Waals surface area contributed by atoms with Gasteiger partial charge in [0.05, 0.1) is 22.2 Å². The molecular weight excluding hydrogens is 458 g/mol. The molecule has 3 aromatic carbocycles. The van der Waals surface area contributed by atoms with Crippen molar-refractivity contribution in [3.8, 4) is 28.2 Å². The van der Waals surface area contributed by atoms with E-state index in [-0.39, 0.29) is 0 Å². The third kappa shape index (κ3) is 3.20. The van der Waals surface area contributed by atoms with Gasteiger partial charge in [0.25, 0.3) is 0 Å². The normalized spacial score (nSPS) is 11.3. The van der Waals surface area contributed by atoms with Gasteiger partial charge in [-0.05, 0) is 53.6 Å². The van der Waals surface area contributed by atoms with Crippen molar-refractivity contribution in [2.45, 2.75) is 0 Å². The second kappa shape index (κ2) is 7.74. The van der Waals surface area contributed by atoms with Crippen LogP contribution < -0.4 is 0 Å². The Bertz CT molecular complexity index is 1510. The van der Waals surface area contributed by atoms with E-state index < -0.39 is 0 Å². The van der Waals surface area contributed by atoms with E-state index in [4.69, 9.17) is 4.98 Å². The predicted octanol–water partition coefficient (Wildman–Crippen LogP) is 7.67. The van der Waals surface area contributed by atoms with Crippen molar-refractivity contribution in [2.24, 2.45) is 0 Å². The molecule has 0 aliphatic heterocycles. The zero-order valence-corrected chi connectivity index (χ0v) is 18.7. The first-order valence-corrected chi connectivity index (χ1v) is 11.3. The van der Waals surface area contributed by atoms with Crippen molar-refractivity contribution in [1.82, 2.24) is 14.5 Å². The fraction of sp³-hybridized carbons (Fsp3) is 0. The van der Waals surface area contributed by atoms with Crippen LogP contribution in [0.3, 0.4) is 0 Å². The van der Waals surface area contributed by atoms with Crippen molar-refractivity contribution in [2.75, 3.05) is 0 Å². The summed E-state index contributed by atoms with van der Waals surface area (Å²) in [6.07, 6.45) is 1.84. The highest BCUT2D eigenvalue weighted by Gasteiger charge is 2.16. The number of rotatable bonds is 3. The Balaban J connectivity index is 1.70. The second-order valence-electron chi connectivity index (χ2n) is 7.70. The molecule has 0 saturated heterocycles. The second-order valence-corrected chi connectivity index (χ2v) is 8.62. The van der Waals surface area contributed by atoms with Crippen LogP contribution in [0.25, 0.3) is 50.1 Å². The quantitative estimate of drug-likeness (QED) is 0.262. The summed E-state index contributed by atoms with van der Waals surface area (Å²) in [6, 6.07) is 35.5. The summed E-state index contributed by atoms with van der Waals surface area (Å²) in [7, 11) is 0. The highest BCUT2D eigenvalue weighted by Crippen LogP contribution is 2.34. The molecule has 0 spiro atoms. The van der Waals surface area contributed by atoms with Crippen molar-refractivity contribution < 1.29 is 0 Å². The first-order valence-electron chi connectivity index (χ1n) is 10.5. The van der Waals surface area contributed by atoms with Crippen LogP contribution in [0.2, 0.25) is 0 Å². The largest absolute Gasteiger partial charge is 0.292 e. The van der Waals surface area contributed by atoms with Crippen molar-refractivity contribution in [3.63, 3.8) is 0 Å². The predicted molar refractivity (Wildman–Crippen MR) is 135 cm³/mol. The van der Waals surface area contributed by atoms with Gasteiger partial charge in [-0.2, -0.15) is 0 Å². The summed E-state index contributed by atoms with van der Waals surface area (Å²) in [5.74, 6) is 0.872. The summed E-state index contributed by atoms with van der Waals surface area (Å²) in [5.41, 5.74) is 7.41. The van der Waals surface area contributed by atoms with Gasteiger partial charge in [0.15, 0.2) is 0 Å². The van der Waals surface area contributed by atoms with Gasteiger partial charge in [0.1, 0.15) is 5.82 Å². The van der Waals surface area contributed by atoms with Crippen LogP contribution in [-0.2, 0) is 0 Å². The Kier molecular flexibility index (Phi) is 4.58. The number of benzene rings is 3. The molecule has 6 aromatic rings. The van der Waals surface area contributed by atoms with Gasteiger partial charge in [0, 0.05) is 21.6 Å². The molecule has 0 bridgehead atoms. The maximum atomic E-state index is 5.12. The zero-order valence-electron chi connectivity index (χ0n) is 17.1. The maximum Gasteiger partial charge on any atom is 0.138 e. The van der Waals surface area contributed by atoms with Gasteiger partial charge < -0.3 is 0 Å². The minimum atomic E-state index is 0.872. The lowest BCUT2D eigenvalue weighted by atomic mass is 10.0. The zero-order chi connectivity index (χ0) is 21.5. The van der Waals surface area contributed by atoms with Crippen LogP contribution in [-0.4, -0.2) is 14.5 Å². The summed E-state index contributed by atoms with van der Waals surface area (Å²) in [5, 5.41) is 1.11. The van der Waals surface area contributed by atoms with E-state index in [9.17, 15) is 0 Å². The molecule has 0 saturated carbocycles. The number of pyridine rings is 2. The van der Waals surface area contributed by atoms with Gasteiger partial charge in [-0.25, -0.2) is 4.98 Å². The summed E-state index contributed by atoms with van der Waals surface area (Å²) in [6.45, 7) is 0. The average molecular weight is 476 g/mol. The van der Waals surface area contributed by atoms with E-state index in [0.717, 1.165) is 54.6 Å². The number of hydrogen-bond donors (Lipinski definition) is 0. The van der Waals surface area contributed by atoms with Crippen molar-refractivity contribution >= 4 is 37.9 Å². The SMILES string of the molecule is Brc1ccc2c3ncccc3n(-c3cc(-c4ccccc4)cc(-c4ccccc4)n3)c2c1. The number of halogens is 1. The Morgan fingerprint density at radius 3 is 2.16 bits per heavy atom. The van der Waals surface area contributed by atoms with E-state index in [1.54, 1.807) is 0 Å². The number of aromatic nitrogens is 3. The van der Waals surface area contributed by atoms with Crippen molar-refractivity contribution in [3.05, 3.63) is 114 Å². The number of fused-ring (bicyclic) bond motifs is 3. The van der Waals surface area contributed by atoms with E-state index >= 15 is 0 Å². The first kappa shape index (κ1) is 19.0. The standard InChI is InChI=1S/C28H18BrN3/c29-22-13-14-23-26(18-22)32(25-12-7-15-30-28(23)25)27-17-21(19-8-3-1-4-9-19)16-24(31-27)20-10-5-2-6-11-20/h1-18H. The molecule has 4 heteroatoms. The van der Waals surface area contributed by atoms with Crippen molar-refractivity contribution in [1.29, 1.82) is 0 Å². The highest BCUT2D eigenvalue weighted by atomic mass is 79.9. The molecule has 0 unspecified atom stereocenters. The monoisotopic (exact) mass is 475 g/mol. The molecule has 3 aromatic heterocycles. The summed E-state index contributed by atoms with van der Waals surface area (Å²) >= 11 is 3.64. The Morgan fingerprint density at radius 2 is 1.38 bits per heavy atom. The summed E-state index contributed by atoms with van der Waals surface area (Å²) < 4.78 is 3.23. The molecule has 0 radical (unpaired) electrons. The topological polar surface area (TPSA) is 30.7 Å². The molecule has 0 aliphatic rings. The molecule has 3 heterocycles. The molecule has 3 nitrogen and oxygen atoms in total. The minimum absolute atomic E-state index is 0.872. The van der Waals surface area contributed by atoms with Gasteiger partial charge in [-0.1, -0.05) is 76.6 Å². The van der Waals surface area contributed by atoms with Crippen LogP contribution >= 0.6 is 15.9 Å². The molecule has 32 heavy (non-hydrogen) atoms. The average Bonchev–Trinajstić information content (AvgIpc) is 3.18. The van der Waals surface area contributed by atoms with Crippen LogP contribution in [0.5, 0.6) is 0 Å². The van der Waals surface area contributed by atoms with Crippen LogP contribution in [0.1, 0.15) is 0 Å². The Labute approximate surface area is 194 Å². The van der Waals surface area contributed by atoms with E-state index in [0.29, 0.717) is 0 Å². The maximum absolute atomic E-state index is 5.12. The Hall–Kier alpha value is -3.76. The molecular formula is C28H18BrN3. The minimum Gasteiger partial charge on any atom is -0.292 e. The van der Waals surface area contributed by atoms with Crippen LogP contribution in [0.4, 0.5) is 0 Å². The van der Waals surface area contributed by atoms with E-state index in [1.165, 1.54) is 0 Å². The van der Waals surface area contributed by atoms with Gasteiger partial charge >= 0.3 is 0 Å². The number of nitrogens with zero attached hydrogens (tertiary/aromatic N) is 3. The lowest BCUT2D eigenvalue weighted by molar-refractivity contribution is 1.08. The molecule has 152 valence electrons. The molecule has 0 fully saturated rings. The van der Waals surface area contributed by atoms with Gasteiger partial charge in [-0.15, -0.1) is 0 Å². The third-order valence-corrected chi connectivity index (χ3v) is 6.19. The summed E-state index contributed by atoms with van der Waals surface area (Å²) in [4.78, 5) is 9.80. The lowest BCUT2D eigenvalue weighted by Crippen LogP contribution is -2.00.